The zero-order chi connectivity index (χ0) is 17.8. The number of carbonyl (C=O) groups excluding carboxylic acids is 1. The zero-order valence-electron chi connectivity index (χ0n) is 14.9. The molecule has 1 aliphatic rings. The van der Waals surface area contributed by atoms with E-state index in [9.17, 15) is 4.79 Å². The topological polar surface area (TPSA) is 85.4 Å². The van der Waals surface area contributed by atoms with Gasteiger partial charge in [0.05, 0.1) is 38.1 Å². The highest BCUT2D eigenvalue weighted by atomic mass is 16.5. The monoisotopic (exact) mass is 347 g/mol. The molecule has 0 unspecified atom stereocenters. The first kappa shape index (κ1) is 17.6. The van der Waals surface area contributed by atoms with Gasteiger partial charge < -0.3 is 14.5 Å². The van der Waals surface area contributed by atoms with Gasteiger partial charge in [0.1, 0.15) is 17.4 Å². The number of amides is 1. The van der Waals surface area contributed by atoms with Gasteiger partial charge in [-0.1, -0.05) is 0 Å². The molecule has 136 valence electrons. The van der Waals surface area contributed by atoms with Gasteiger partial charge in [0, 0.05) is 13.1 Å². The molecule has 25 heavy (non-hydrogen) atoms. The fourth-order valence-electron chi connectivity index (χ4n) is 3.03. The van der Waals surface area contributed by atoms with Crippen LogP contribution in [0.25, 0.3) is 0 Å². The number of nitrogens with one attached hydrogen (secondary N) is 1. The Morgan fingerprint density at radius 1 is 1.48 bits per heavy atom. The Bertz CT molecular complexity index is 697. The van der Waals surface area contributed by atoms with Gasteiger partial charge >= 0.3 is 0 Å². The number of ether oxygens (including phenoxy) is 1. The molecule has 0 radical (unpaired) electrons. The summed E-state index contributed by atoms with van der Waals surface area (Å²) in [6.07, 6.45) is 1.60. The van der Waals surface area contributed by atoms with Crippen molar-refractivity contribution in [2.45, 2.75) is 46.0 Å². The molecule has 8 heteroatoms. The maximum Gasteiger partial charge on any atom is 0.237 e. The number of carbonyl (C=O) groups is 1. The largest absolute Gasteiger partial charge is 0.467 e. The third kappa shape index (κ3) is 4.46. The predicted molar refractivity (Wildman–Crippen MR) is 90.8 cm³/mol. The van der Waals surface area contributed by atoms with Crippen molar-refractivity contribution in [2.75, 3.05) is 19.7 Å². The quantitative estimate of drug-likeness (QED) is 0.835. The van der Waals surface area contributed by atoms with Gasteiger partial charge in [-0.25, -0.2) is 9.67 Å². The second kappa shape index (κ2) is 7.79. The average molecular weight is 347 g/mol. The zero-order valence-corrected chi connectivity index (χ0v) is 14.9. The molecule has 3 heterocycles. The molecule has 0 saturated carbocycles. The minimum absolute atomic E-state index is 0.00567. The van der Waals surface area contributed by atoms with E-state index in [4.69, 9.17) is 9.15 Å². The Balaban J connectivity index is 1.53. The summed E-state index contributed by atoms with van der Waals surface area (Å²) in [6, 6.07) is 3.43. The number of aryl methyl sites for hydroxylation is 2. The molecule has 1 amide bonds. The van der Waals surface area contributed by atoms with Gasteiger partial charge in [-0.3, -0.25) is 9.69 Å². The second-order valence-electron chi connectivity index (χ2n) is 6.35. The summed E-state index contributed by atoms with van der Waals surface area (Å²) < 4.78 is 13.0. The lowest BCUT2D eigenvalue weighted by atomic mass is 10.2. The maximum atomic E-state index is 12.4. The molecule has 3 rings (SSSR count). The van der Waals surface area contributed by atoms with E-state index < -0.39 is 0 Å². The van der Waals surface area contributed by atoms with Crippen molar-refractivity contribution in [3.05, 3.63) is 35.8 Å². The summed E-state index contributed by atoms with van der Waals surface area (Å²) >= 11 is 0. The van der Waals surface area contributed by atoms with E-state index in [1.54, 1.807) is 6.26 Å². The van der Waals surface area contributed by atoms with Gasteiger partial charge in [-0.15, -0.1) is 0 Å². The van der Waals surface area contributed by atoms with E-state index in [2.05, 4.69) is 20.3 Å². The summed E-state index contributed by atoms with van der Waals surface area (Å²) in [6.45, 7) is 8.81. The van der Waals surface area contributed by atoms with Crippen molar-refractivity contribution in [3.63, 3.8) is 0 Å². The molecule has 0 aromatic carbocycles. The maximum absolute atomic E-state index is 12.4. The van der Waals surface area contributed by atoms with Crippen molar-refractivity contribution in [1.82, 2.24) is 25.0 Å². The molecule has 2 atom stereocenters. The number of hydrogen-bond donors (Lipinski definition) is 1. The van der Waals surface area contributed by atoms with Crippen LogP contribution in [0.4, 0.5) is 0 Å². The van der Waals surface area contributed by atoms with Crippen LogP contribution in [0.15, 0.2) is 22.8 Å². The highest BCUT2D eigenvalue weighted by molar-refractivity contribution is 5.81. The van der Waals surface area contributed by atoms with E-state index in [0.717, 1.165) is 24.0 Å². The predicted octanol–water partition coefficient (Wildman–Crippen LogP) is 0.894. The Hall–Kier alpha value is -2.19. The van der Waals surface area contributed by atoms with Gasteiger partial charge in [-0.2, -0.15) is 5.10 Å². The summed E-state index contributed by atoms with van der Waals surface area (Å²) in [5.74, 6) is 2.38. The first-order valence-electron chi connectivity index (χ1n) is 8.56. The van der Waals surface area contributed by atoms with Gasteiger partial charge in [0.2, 0.25) is 5.91 Å². The van der Waals surface area contributed by atoms with Crippen LogP contribution in [0.5, 0.6) is 0 Å². The lowest BCUT2D eigenvalue weighted by Gasteiger charge is -2.36. The van der Waals surface area contributed by atoms with Gasteiger partial charge in [0.25, 0.3) is 0 Å². The van der Waals surface area contributed by atoms with Crippen molar-refractivity contribution in [2.24, 2.45) is 0 Å². The number of morpholine rings is 1. The van der Waals surface area contributed by atoms with Gasteiger partial charge in [-0.05, 0) is 32.9 Å². The average Bonchev–Trinajstić information content (AvgIpc) is 3.22. The summed E-state index contributed by atoms with van der Waals surface area (Å²) in [7, 11) is 0. The van der Waals surface area contributed by atoms with Crippen LogP contribution in [0, 0.1) is 13.8 Å². The molecule has 1 aliphatic heterocycles. The van der Waals surface area contributed by atoms with Crippen molar-refractivity contribution < 1.29 is 13.9 Å². The molecule has 2 aromatic rings. The normalized spacial score (nSPS) is 19.7. The van der Waals surface area contributed by atoms with Crippen LogP contribution in [-0.4, -0.2) is 57.4 Å². The molecule has 8 nitrogen and oxygen atoms in total. The number of nitrogens with zero attached hydrogens (tertiary/aromatic N) is 4. The summed E-state index contributed by atoms with van der Waals surface area (Å²) in [4.78, 5) is 18.9. The number of furan rings is 1. The molecule has 1 saturated heterocycles. The first-order chi connectivity index (χ1) is 12.0. The standard InChI is InChI=1S/C17H25N5O3/c1-12(17(23)18-9-15-5-4-7-24-15)21-6-8-25-16(10-21)11-22-14(3)19-13(2)20-22/h4-5,7,12,16H,6,8-11H2,1-3H3,(H,18,23)/t12-,16-/m1/s1. The van der Waals surface area contributed by atoms with Crippen LogP contribution in [0.1, 0.15) is 24.3 Å². The molecule has 1 fully saturated rings. The van der Waals surface area contributed by atoms with E-state index in [0.29, 0.717) is 26.2 Å². The van der Waals surface area contributed by atoms with Crippen LogP contribution >= 0.6 is 0 Å². The third-order valence-corrected chi connectivity index (χ3v) is 4.45. The van der Waals surface area contributed by atoms with Crippen LogP contribution in [0.3, 0.4) is 0 Å². The number of rotatable bonds is 6. The molecule has 0 spiro atoms. The number of hydrogen-bond acceptors (Lipinski definition) is 6. The number of aromatic nitrogens is 3. The van der Waals surface area contributed by atoms with Crippen molar-refractivity contribution in [1.29, 1.82) is 0 Å². The molecule has 0 aliphatic carbocycles. The van der Waals surface area contributed by atoms with Crippen molar-refractivity contribution in [3.8, 4) is 0 Å². The summed E-state index contributed by atoms with van der Waals surface area (Å²) in [5.41, 5.74) is 0. The molecule has 1 N–H and O–H groups in total. The Kier molecular flexibility index (Phi) is 5.50. The van der Waals surface area contributed by atoms with E-state index >= 15 is 0 Å². The molecule has 0 bridgehead atoms. The van der Waals surface area contributed by atoms with E-state index in [-0.39, 0.29) is 18.1 Å². The Morgan fingerprint density at radius 2 is 2.32 bits per heavy atom. The Labute approximate surface area is 147 Å². The molecule has 2 aromatic heterocycles. The van der Waals surface area contributed by atoms with Crippen LogP contribution in [0.2, 0.25) is 0 Å². The van der Waals surface area contributed by atoms with Crippen LogP contribution in [-0.2, 0) is 22.6 Å². The SMILES string of the molecule is Cc1nc(C)n(C[C@H]2CN([C@H](C)C(=O)NCc3ccco3)CCO2)n1. The fraction of sp³-hybridized carbons (Fsp3) is 0.588. The van der Waals surface area contributed by atoms with Crippen LogP contribution < -0.4 is 5.32 Å². The summed E-state index contributed by atoms with van der Waals surface area (Å²) in [5, 5.41) is 7.30. The Morgan fingerprint density at radius 3 is 3.00 bits per heavy atom. The van der Waals surface area contributed by atoms with Crippen molar-refractivity contribution >= 4 is 5.91 Å². The first-order valence-corrected chi connectivity index (χ1v) is 8.56. The fourth-order valence-corrected chi connectivity index (χ4v) is 3.03. The van der Waals surface area contributed by atoms with Gasteiger partial charge in [0.15, 0.2) is 0 Å². The molecular weight excluding hydrogens is 322 g/mol. The van der Waals surface area contributed by atoms with E-state index in [1.807, 2.05) is 37.6 Å². The third-order valence-electron chi connectivity index (χ3n) is 4.45. The van der Waals surface area contributed by atoms with E-state index in [1.165, 1.54) is 0 Å². The molecular formula is C17H25N5O3. The second-order valence-corrected chi connectivity index (χ2v) is 6.35. The highest BCUT2D eigenvalue weighted by Crippen LogP contribution is 2.12. The lowest BCUT2D eigenvalue weighted by Crippen LogP contribution is -2.53. The highest BCUT2D eigenvalue weighted by Gasteiger charge is 2.28. The lowest BCUT2D eigenvalue weighted by molar-refractivity contribution is -0.129. The minimum Gasteiger partial charge on any atom is -0.467 e. The smallest absolute Gasteiger partial charge is 0.237 e. The minimum atomic E-state index is -0.222.